The fourth-order valence-electron chi connectivity index (χ4n) is 5.85. The van der Waals surface area contributed by atoms with E-state index in [2.05, 4.69) is 27.1 Å². The predicted octanol–water partition coefficient (Wildman–Crippen LogP) is 2.31. The van der Waals surface area contributed by atoms with Crippen molar-refractivity contribution in [3.63, 3.8) is 0 Å². The first-order chi connectivity index (χ1) is 17.8. The van der Waals surface area contributed by atoms with Crippen molar-refractivity contribution >= 4 is 29.2 Å². The van der Waals surface area contributed by atoms with Crippen LogP contribution in [0.1, 0.15) is 61.4 Å². The van der Waals surface area contributed by atoms with Gasteiger partial charge in [-0.1, -0.05) is 30.7 Å². The van der Waals surface area contributed by atoms with Gasteiger partial charge in [0.25, 0.3) is 0 Å². The van der Waals surface area contributed by atoms with Gasteiger partial charge in [0.2, 0.25) is 11.8 Å². The summed E-state index contributed by atoms with van der Waals surface area (Å²) in [6.45, 7) is 8.17. The molecule has 1 aromatic carbocycles. The lowest BCUT2D eigenvalue weighted by molar-refractivity contribution is -0.133. The predicted molar refractivity (Wildman–Crippen MR) is 142 cm³/mol. The summed E-state index contributed by atoms with van der Waals surface area (Å²) >= 11 is 6.12. The molecule has 2 saturated heterocycles. The molecular weight excluding hydrogens is 492 g/mol. The number of nitrogens with zero attached hydrogens (tertiary/aromatic N) is 5. The van der Waals surface area contributed by atoms with Crippen molar-refractivity contribution in [2.24, 2.45) is 0 Å². The van der Waals surface area contributed by atoms with Crippen molar-refractivity contribution in [2.75, 3.05) is 50.7 Å². The number of likely N-dealkylation sites (tertiary alicyclic amines) is 1. The van der Waals surface area contributed by atoms with E-state index in [-0.39, 0.29) is 29.7 Å². The number of benzene rings is 1. The zero-order valence-corrected chi connectivity index (χ0v) is 22.2. The number of carbonyl (C=O) groups excluding carboxylic acids is 2. The molecule has 37 heavy (non-hydrogen) atoms. The molecule has 2 aromatic rings. The van der Waals surface area contributed by atoms with Crippen LogP contribution >= 0.6 is 11.6 Å². The van der Waals surface area contributed by atoms with Crippen LogP contribution in [0.4, 0.5) is 5.82 Å². The number of anilines is 1. The molecule has 2 fully saturated rings. The van der Waals surface area contributed by atoms with Crippen LogP contribution in [0.25, 0.3) is 0 Å². The molecule has 0 bridgehead atoms. The van der Waals surface area contributed by atoms with Gasteiger partial charge in [0, 0.05) is 69.4 Å². The summed E-state index contributed by atoms with van der Waals surface area (Å²) < 4.78 is 0. The zero-order valence-electron chi connectivity index (χ0n) is 21.4. The highest BCUT2D eigenvalue weighted by Gasteiger charge is 2.35. The number of carbonyl (C=O) groups is 2. The minimum absolute atomic E-state index is 0.0886. The third kappa shape index (κ3) is 5.44. The molecule has 3 aliphatic rings. The minimum Gasteiger partial charge on any atom is -0.387 e. The third-order valence-electron chi connectivity index (χ3n) is 7.98. The Kier molecular flexibility index (Phi) is 7.65. The summed E-state index contributed by atoms with van der Waals surface area (Å²) in [4.78, 5) is 40.4. The van der Waals surface area contributed by atoms with Crippen molar-refractivity contribution < 1.29 is 14.7 Å². The van der Waals surface area contributed by atoms with Crippen LogP contribution < -0.4 is 10.2 Å². The fourth-order valence-corrected chi connectivity index (χ4v) is 5.98. The van der Waals surface area contributed by atoms with Gasteiger partial charge in [-0.05, 0) is 36.5 Å². The molecule has 2 amide bonds. The van der Waals surface area contributed by atoms with Gasteiger partial charge < -0.3 is 25.1 Å². The largest absolute Gasteiger partial charge is 0.387 e. The van der Waals surface area contributed by atoms with Crippen LogP contribution in [0.5, 0.6) is 0 Å². The Morgan fingerprint density at radius 1 is 1.11 bits per heavy atom. The van der Waals surface area contributed by atoms with Crippen molar-refractivity contribution in [3.8, 4) is 0 Å². The second-order valence-electron chi connectivity index (χ2n) is 10.4. The molecule has 10 heteroatoms. The standard InChI is InChI=1S/C27H35ClN6O3/c1-17-13-23(36)25-24(17)26(31-16-30-25)32-9-11-33(12-10-32)27(37)22(19-3-5-20(28)6-4-19)14-29-21-7-8-34(15-21)18(2)35/h3-6,16-17,21-23,29,36H,7-15H2,1-2H3/t17?,21-,22-,23-/m1/s1. The lowest BCUT2D eigenvalue weighted by Gasteiger charge is -2.38. The number of rotatable bonds is 6. The highest BCUT2D eigenvalue weighted by Crippen LogP contribution is 2.42. The zero-order chi connectivity index (χ0) is 26.1. The van der Waals surface area contributed by atoms with Crippen molar-refractivity contribution in [1.29, 1.82) is 0 Å². The number of aliphatic hydroxyl groups is 1. The van der Waals surface area contributed by atoms with Crippen LogP contribution in [0.2, 0.25) is 5.02 Å². The molecule has 9 nitrogen and oxygen atoms in total. The molecule has 1 aromatic heterocycles. The molecule has 4 atom stereocenters. The Morgan fingerprint density at radius 3 is 2.51 bits per heavy atom. The number of amides is 2. The molecule has 198 valence electrons. The summed E-state index contributed by atoms with van der Waals surface area (Å²) in [5.74, 6) is 0.927. The lowest BCUT2D eigenvalue weighted by Crippen LogP contribution is -2.51. The molecular formula is C27H35ClN6O3. The maximum Gasteiger partial charge on any atom is 0.231 e. The SMILES string of the molecule is CC(=O)N1CC[C@@H](NC[C@@H](C(=O)N2CCN(c3ncnc4c3C(C)C[C@H]4O)CC2)c2ccc(Cl)cc2)C1. The lowest BCUT2D eigenvalue weighted by atomic mass is 9.96. The van der Waals surface area contributed by atoms with Gasteiger partial charge >= 0.3 is 0 Å². The third-order valence-corrected chi connectivity index (χ3v) is 8.24. The van der Waals surface area contributed by atoms with E-state index in [1.165, 1.54) is 6.33 Å². The first-order valence-electron chi connectivity index (χ1n) is 13.1. The second-order valence-corrected chi connectivity index (χ2v) is 10.9. The maximum atomic E-state index is 13.8. The Morgan fingerprint density at radius 2 is 1.84 bits per heavy atom. The number of aliphatic hydroxyl groups excluding tert-OH is 1. The summed E-state index contributed by atoms with van der Waals surface area (Å²) in [7, 11) is 0. The van der Waals surface area contributed by atoms with Gasteiger partial charge in [0.15, 0.2) is 0 Å². The topological polar surface area (TPSA) is 102 Å². The van der Waals surface area contributed by atoms with Crippen LogP contribution in [-0.2, 0) is 9.59 Å². The monoisotopic (exact) mass is 526 g/mol. The molecule has 5 rings (SSSR count). The van der Waals surface area contributed by atoms with Crippen LogP contribution in [0.3, 0.4) is 0 Å². The minimum atomic E-state index is -0.537. The highest BCUT2D eigenvalue weighted by molar-refractivity contribution is 6.30. The summed E-state index contributed by atoms with van der Waals surface area (Å²) in [5.41, 5.74) is 2.71. The van der Waals surface area contributed by atoms with Gasteiger partial charge in [-0.3, -0.25) is 9.59 Å². The first-order valence-corrected chi connectivity index (χ1v) is 13.5. The van der Waals surface area contributed by atoms with Crippen LogP contribution in [0, 0.1) is 0 Å². The number of nitrogens with one attached hydrogen (secondary N) is 1. The summed E-state index contributed by atoms with van der Waals surface area (Å²) in [6.07, 6.45) is 2.55. The normalized spacial score (nSPS) is 24.3. The van der Waals surface area contributed by atoms with Crippen molar-refractivity contribution in [3.05, 3.63) is 52.4 Å². The maximum absolute atomic E-state index is 13.8. The van der Waals surface area contributed by atoms with Gasteiger partial charge in [0.1, 0.15) is 12.1 Å². The molecule has 0 spiro atoms. The smallest absolute Gasteiger partial charge is 0.231 e. The summed E-state index contributed by atoms with van der Waals surface area (Å²) in [5, 5.41) is 14.5. The molecule has 1 aliphatic carbocycles. The average Bonchev–Trinajstić information content (AvgIpc) is 3.49. The molecule has 2 N–H and O–H groups in total. The van der Waals surface area contributed by atoms with Gasteiger partial charge in [0.05, 0.1) is 17.7 Å². The quantitative estimate of drug-likeness (QED) is 0.595. The van der Waals surface area contributed by atoms with E-state index in [0.717, 1.165) is 35.6 Å². The number of halogens is 1. The number of piperazine rings is 1. The second kappa shape index (κ2) is 10.9. The first kappa shape index (κ1) is 25.9. The Hall–Kier alpha value is -2.75. The Labute approximate surface area is 222 Å². The van der Waals surface area contributed by atoms with E-state index in [9.17, 15) is 14.7 Å². The number of hydrogen-bond donors (Lipinski definition) is 2. The highest BCUT2D eigenvalue weighted by atomic mass is 35.5. The van der Waals surface area contributed by atoms with E-state index >= 15 is 0 Å². The van der Waals surface area contributed by atoms with Crippen molar-refractivity contribution in [1.82, 2.24) is 25.1 Å². The van der Waals surface area contributed by atoms with E-state index in [0.29, 0.717) is 50.7 Å². The van der Waals surface area contributed by atoms with Gasteiger partial charge in [-0.25, -0.2) is 9.97 Å². The average molecular weight is 527 g/mol. The van der Waals surface area contributed by atoms with E-state index in [1.54, 1.807) is 6.92 Å². The fraction of sp³-hybridized carbons (Fsp3) is 0.556. The van der Waals surface area contributed by atoms with Crippen LogP contribution in [-0.4, -0.2) is 88.5 Å². The Balaban J connectivity index is 1.26. The van der Waals surface area contributed by atoms with Crippen LogP contribution in [0.15, 0.2) is 30.6 Å². The van der Waals surface area contributed by atoms with E-state index < -0.39 is 6.10 Å². The van der Waals surface area contributed by atoms with Gasteiger partial charge in [-0.2, -0.15) is 0 Å². The van der Waals surface area contributed by atoms with Gasteiger partial charge in [-0.15, -0.1) is 0 Å². The molecule has 2 aliphatic heterocycles. The van der Waals surface area contributed by atoms with E-state index in [4.69, 9.17) is 11.6 Å². The molecule has 3 heterocycles. The summed E-state index contributed by atoms with van der Waals surface area (Å²) in [6, 6.07) is 7.69. The molecule has 0 radical (unpaired) electrons. The number of fused-ring (bicyclic) bond motifs is 1. The number of aromatic nitrogens is 2. The number of hydrogen-bond acceptors (Lipinski definition) is 7. The molecule has 1 unspecified atom stereocenters. The van der Waals surface area contributed by atoms with E-state index in [1.807, 2.05) is 34.1 Å². The Bertz CT molecular complexity index is 1140. The molecule has 0 saturated carbocycles. The van der Waals surface area contributed by atoms with Crippen molar-refractivity contribution in [2.45, 2.75) is 50.7 Å².